The van der Waals surface area contributed by atoms with Crippen molar-refractivity contribution in [3.05, 3.63) is 136 Å². The fourth-order valence-electron chi connectivity index (χ4n) is 5.22. The number of para-hydroxylation sites is 1. The molecule has 0 saturated carbocycles. The van der Waals surface area contributed by atoms with E-state index < -0.39 is 0 Å². The van der Waals surface area contributed by atoms with Crippen molar-refractivity contribution in [2.45, 2.75) is 6.92 Å². The lowest BCUT2D eigenvalue weighted by Crippen LogP contribution is -2.09. The molecule has 7 rings (SSSR count). The van der Waals surface area contributed by atoms with Crippen molar-refractivity contribution in [2.75, 3.05) is 4.90 Å². The molecular weight excluding hydrogens is 659 g/mol. The largest absolute Gasteiger partial charge is 0.417 e. The Hall–Kier alpha value is -5.29. The number of ether oxygens (including phenoxy) is 1. The van der Waals surface area contributed by atoms with Crippen LogP contribution in [0.5, 0.6) is 0 Å². The Morgan fingerprint density at radius 1 is 0.723 bits per heavy atom. The van der Waals surface area contributed by atoms with Gasteiger partial charge < -0.3 is 9.64 Å². The lowest BCUT2D eigenvalue weighted by atomic mass is 10.1. The van der Waals surface area contributed by atoms with E-state index in [0.717, 1.165) is 46.7 Å². The molecule has 0 atom stereocenters. The van der Waals surface area contributed by atoms with Gasteiger partial charge in [0.25, 0.3) is 6.47 Å². The van der Waals surface area contributed by atoms with Gasteiger partial charge in [-0.25, -0.2) is 4.85 Å². The van der Waals surface area contributed by atoms with E-state index in [2.05, 4.69) is 101 Å². The molecule has 0 unspecified atom stereocenters. The average molecular weight is 682 g/mol. The molecule has 4 aromatic heterocycles. The van der Waals surface area contributed by atoms with Gasteiger partial charge in [0.1, 0.15) is 6.07 Å². The average Bonchev–Trinajstić information content (AvgIpc) is 3.86. The Balaban J connectivity index is 1.15. The van der Waals surface area contributed by atoms with Crippen LogP contribution < -0.4 is 4.90 Å². The van der Waals surface area contributed by atoms with Gasteiger partial charge in [-0.05, 0) is 84.8 Å². The molecule has 0 aliphatic heterocycles. The third-order valence-corrected chi connectivity index (χ3v) is 12.0. The van der Waals surface area contributed by atoms with E-state index in [1.807, 2.05) is 31.2 Å². The second-order valence-electron chi connectivity index (χ2n) is 10.5. The minimum absolute atomic E-state index is 0.0233. The number of carbonyl (C=O) groups is 1. The van der Waals surface area contributed by atoms with E-state index in [4.69, 9.17) is 16.6 Å². The topological polar surface area (TPSA) is 57.7 Å². The molecule has 0 fully saturated rings. The second-order valence-corrected chi connectivity index (χ2v) is 14.9. The number of nitriles is 1. The molecule has 0 aliphatic carbocycles. The maximum absolute atomic E-state index is 10.6. The van der Waals surface area contributed by atoms with E-state index in [-0.39, 0.29) is 12.2 Å². The molecule has 0 bridgehead atoms. The smallest absolute Gasteiger partial charge is 0.299 e. The Morgan fingerprint density at radius 3 is 1.68 bits per heavy atom. The lowest BCUT2D eigenvalue weighted by molar-refractivity contribution is -0.124. The first-order chi connectivity index (χ1) is 23.0. The van der Waals surface area contributed by atoms with Crippen LogP contribution in [-0.2, 0) is 9.53 Å². The number of fused-ring (bicyclic) bond motifs is 2. The van der Waals surface area contributed by atoms with E-state index >= 15 is 0 Å². The highest BCUT2D eigenvalue weighted by molar-refractivity contribution is 7.30. The van der Waals surface area contributed by atoms with Crippen LogP contribution in [0.4, 0.5) is 17.1 Å². The van der Waals surface area contributed by atoms with Gasteiger partial charge in [0, 0.05) is 61.4 Å². The standard InChI is InChI=1S/C38H23N3O2S4/c1-24(40-2)16-31-18-35-37(44-31)20-33(46-35)25-8-12-28(13-9-25)41(27-6-4-3-5-7-27)29-14-10-26(11-15-29)34-21-38-36(47-34)19-32(45-38)17-30(22-39)43-23-42/h3-21,23H,1H3/b24-16-,30-17+. The highest BCUT2D eigenvalue weighted by Gasteiger charge is 2.15. The quantitative estimate of drug-likeness (QED) is 0.0658. The molecule has 3 aromatic carbocycles. The summed E-state index contributed by atoms with van der Waals surface area (Å²) in [5.41, 5.74) is 6.21. The maximum atomic E-state index is 10.6. The number of benzene rings is 3. The molecule has 0 spiro atoms. The number of anilines is 3. The number of carbonyl (C=O) groups excluding carboxylic acids is 1. The zero-order valence-electron chi connectivity index (χ0n) is 24.8. The molecule has 5 nitrogen and oxygen atoms in total. The number of nitrogens with zero attached hydrogens (tertiary/aromatic N) is 3. The summed E-state index contributed by atoms with van der Waals surface area (Å²) in [5.74, 6) is -0.0233. The summed E-state index contributed by atoms with van der Waals surface area (Å²) in [6.45, 7) is 9.30. The first-order valence-corrected chi connectivity index (χ1v) is 17.7. The number of hydrogen-bond acceptors (Lipinski definition) is 8. The van der Waals surface area contributed by atoms with Gasteiger partial charge >= 0.3 is 0 Å². The van der Waals surface area contributed by atoms with Gasteiger partial charge in [-0.3, -0.25) is 4.79 Å². The highest BCUT2D eigenvalue weighted by atomic mass is 32.1. The predicted octanol–water partition coefficient (Wildman–Crippen LogP) is 12.4. The molecule has 226 valence electrons. The summed E-state index contributed by atoms with van der Waals surface area (Å²) >= 11 is 6.75. The lowest BCUT2D eigenvalue weighted by Gasteiger charge is -2.25. The van der Waals surface area contributed by atoms with Crippen LogP contribution in [-0.4, -0.2) is 6.47 Å². The van der Waals surface area contributed by atoms with Gasteiger partial charge in [-0.1, -0.05) is 42.5 Å². The van der Waals surface area contributed by atoms with Gasteiger partial charge in [0.2, 0.25) is 5.76 Å². The Bertz CT molecular complexity index is 2310. The van der Waals surface area contributed by atoms with Crippen molar-refractivity contribution in [1.82, 2.24) is 0 Å². The highest BCUT2D eigenvalue weighted by Crippen LogP contribution is 2.42. The molecule has 4 heterocycles. The van der Waals surface area contributed by atoms with Crippen LogP contribution in [0.3, 0.4) is 0 Å². The first-order valence-electron chi connectivity index (χ1n) is 14.4. The minimum Gasteiger partial charge on any atom is -0.417 e. The molecule has 0 saturated heterocycles. The van der Waals surface area contributed by atoms with Gasteiger partial charge in [0.15, 0.2) is 5.70 Å². The SMILES string of the molecule is [C-]#[N+]/C(C)=C\c1cc2sc(-c3ccc(N(c4ccccc4)c4ccc(-c5cc6sc(/C=C(\C#N)OC=O)cc6s5)cc4)cc3)cc2s1. The number of thiophene rings is 4. The van der Waals surface area contributed by atoms with Crippen molar-refractivity contribution in [1.29, 1.82) is 5.26 Å². The van der Waals surface area contributed by atoms with Crippen LogP contribution in [0.25, 0.3) is 56.7 Å². The minimum atomic E-state index is -0.0233. The van der Waals surface area contributed by atoms with Gasteiger partial charge in [-0.2, -0.15) is 5.26 Å². The van der Waals surface area contributed by atoms with Gasteiger partial charge in [0.05, 0.1) is 6.57 Å². The molecule has 0 amide bonds. The summed E-state index contributed by atoms with van der Waals surface area (Å²) in [7, 11) is 0. The summed E-state index contributed by atoms with van der Waals surface area (Å²) in [5, 5.41) is 9.15. The predicted molar refractivity (Wildman–Crippen MR) is 200 cm³/mol. The molecular formula is C38H23N3O2S4. The van der Waals surface area contributed by atoms with Crippen LogP contribution in [0.2, 0.25) is 0 Å². The van der Waals surface area contributed by atoms with Crippen LogP contribution in [0.1, 0.15) is 16.7 Å². The molecule has 0 radical (unpaired) electrons. The Kier molecular flexibility index (Phi) is 8.54. The third-order valence-electron chi connectivity index (χ3n) is 7.37. The molecule has 9 heteroatoms. The fourth-order valence-corrected chi connectivity index (χ4v) is 9.98. The van der Waals surface area contributed by atoms with E-state index in [1.54, 1.807) is 51.4 Å². The van der Waals surface area contributed by atoms with Crippen LogP contribution >= 0.6 is 45.3 Å². The van der Waals surface area contributed by atoms with Crippen molar-refractivity contribution in [3.8, 4) is 27.0 Å². The molecule has 0 N–H and O–H groups in total. The number of hydrogen-bond donors (Lipinski definition) is 0. The fraction of sp³-hybridized carbons (Fsp3) is 0.0263. The van der Waals surface area contributed by atoms with Gasteiger partial charge in [-0.15, -0.1) is 45.3 Å². The Labute approximate surface area is 287 Å². The van der Waals surface area contributed by atoms with Crippen LogP contribution in [0, 0.1) is 17.9 Å². The summed E-state index contributed by atoms with van der Waals surface area (Å²) < 4.78 is 9.44. The van der Waals surface area contributed by atoms with Crippen molar-refractivity contribution >= 4 is 99.8 Å². The van der Waals surface area contributed by atoms with E-state index in [1.165, 1.54) is 19.8 Å². The molecule has 47 heavy (non-hydrogen) atoms. The monoisotopic (exact) mass is 681 g/mol. The normalized spacial score (nSPS) is 11.8. The van der Waals surface area contributed by atoms with Crippen molar-refractivity contribution in [3.63, 3.8) is 0 Å². The van der Waals surface area contributed by atoms with Crippen molar-refractivity contribution < 1.29 is 9.53 Å². The third kappa shape index (κ3) is 6.39. The van der Waals surface area contributed by atoms with Crippen LogP contribution in [0.15, 0.2) is 115 Å². The summed E-state index contributed by atoms with van der Waals surface area (Å²) in [6.07, 6.45) is 3.53. The zero-order valence-corrected chi connectivity index (χ0v) is 28.1. The number of allylic oxidation sites excluding steroid dienone is 2. The van der Waals surface area contributed by atoms with E-state index in [9.17, 15) is 4.79 Å². The second kappa shape index (κ2) is 13.2. The maximum Gasteiger partial charge on any atom is 0.299 e. The summed E-state index contributed by atoms with van der Waals surface area (Å²) in [6, 6.07) is 38.2. The summed E-state index contributed by atoms with van der Waals surface area (Å²) in [4.78, 5) is 20.8. The van der Waals surface area contributed by atoms with E-state index in [0.29, 0.717) is 5.70 Å². The first kappa shape index (κ1) is 30.4. The molecule has 0 aliphatic rings. The molecule has 7 aromatic rings. The van der Waals surface area contributed by atoms with Crippen molar-refractivity contribution in [2.24, 2.45) is 0 Å². The number of rotatable bonds is 9. The zero-order chi connectivity index (χ0) is 32.3. The Morgan fingerprint density at radius 2 is 1.21 bits per heavy atom.